The highest BCUT2D eigenvalue weighted by molar-refractivity contribution is 7.25. The van der Waals surface area contributed by atoms with Gasteiger partial charge in [-0.3, -0.25) is 0 Å². The lowest BCUT2D eigenvalue weighted by Gasteiger charge is -2.35. The minimum atomic E-state index is -0.629. The molecule has 1 nitrogen and oxygen atoms in total. The molecular formula is C61H41NS. The topological polar surface area (TPSA) is 3.24 Å². The Bertz CT molecular complexity index is 3430. The monoisotopic (exact) mass is 819 g/mol. The second kappa shape index (κ2) is 15.3. The molecular weight excluding hydrogens is 779 g/mol. The molecule has 1 unspecified atom stereocenters. The normalized spacial score (nSPS) is 14.1. The summed E-state index contributed by atoms with van der Waals surface area (Å²) >= 11 is 1.86. The number of rotatable bonds is 8. The minimum Gasteiger partial charge on any atom is -0.310 e. The zero-order chi connectivity index (χ0) is 41.7. The fourth-order valence-corrected chi connectivity index (χ4v) is 11.2. The first-order valence-corrected chi connectivity index (χ1v) is 22.5. The Labute approximate surface area is 372 Å². The van der Waals surface area contributed by atoms with E-state index in [1.165, 1.54) is 86.9 Å². The Morgan fingerprint density at radius 1 is 0.317 bits per heavy atom. The summed E-state index contributed by atoms with van der Waals surface area (Å²) in [4.78, 5) is 2.49. The zero-order valence-corrected chi connectivity index (χ0v) is 35.3. The zero-order valence-electron chi connectivity index (χ0n) is 34.5. The number of benzene rings is 10. The SMILES string of the molecule is c1ccc(-c2ccc(N(c3ccc4c(c3)sc3ccccc34)c3cccc4c3-c3ccc(-c5ccccc5)cc3C4(c3ccccc3)c3cccc(-c4ccccc4)c3)cc2)cc1. The number of anilines is 3. The molecule has 0 saturated carbocycles. The first-order valence-electron chi connectivity index (χ1n) is 21.7. The highest BCUT2D eigenvalue weighted by Crippen LogP contribution is 2.60. The van der Waals surface area contributed by atoms with Crippen LogP contribution in [0.4, 0.5) is 17.1 Å². The molecule has 1 aliphatic carbocycles. The van der Waals surface area contributed by atoms with Crippen molar-refractivity contribution in [3.8, 4) is 44.5 Å². The van der Waals surface area contributed by atoms with E-state index in [-0.39, 0.29) is 0 Å². The van der Waals surface area contributed by atoms with Gasteiger partial charge in [0.05, 0.1) is 11.1 Å². The van der Waals surface area contributed by atoms with E-state index in [4.69, 9.17) is 0 Å². The predicted molar refractivity (Wildman–Crippen MR) is 268 cm³/mol. The molecule has 296 valence electrons. The number of hydrogen-bond donors (Lipinski definition) is 0. The van der Waals surface area contributed by atoms with E-state index < -0.39 is 5.41 Å². The Morgan fingerprint density at radius 2 is 0.841 bits per heavy atom. The van der Waals surface area contributed by atoms with Gasteiger partial charge in [0.15, 0.2) is 0 Å². The third-order valence-electron chi connectivity index (χ3n) is 13.0. The van der Waals surface area contributed by atoms with Gasteiger partial charge in [0.1, 0.15) is 0 Å². The molecule has 1 aliphatic rings. The van der Waals surface area contributed by atoms with Crippen molar-refractivity contribution in [2.45, 2.75) is 5.41 Å². The first-order chi connectivity index (χ1) is 31.2. The molecule has 2 heteroatoms. The third kappa shape index (κ3) is 6.14. The lowest BCUT2D eigenvalue weighted by atomic mass is 9.67. The largest absolute Gasteiger partial charge is 0.310 e. The number of fused-ring (bicyclic) bond motifs is 6. The van der Waals surface area contributed by atoms with Crippen LogP contribution in [0, 0.1) is 0 Å². The summed E-state index contributed by atoms with van der Waals surface area (Å²) in [5.74, 6) is 0. The maximum Gasteiger partial charge on any atom is 0.0714 e. The summed E-state index contributed by atoms with van der Waals surface area (Å²) in [6.07, 6.45) is 0. The average Bonchev–Trinajstić information content (AvgIpc) is 3.89. The van der Waals surface area contributed by atoms with E-state index >= 15 is 0 Å². The highest BCUT2D eigenvalue weighted by atomic mass is 32.1. The van der Waals surface area contributed by atoms with E-state index in [0.717, 1.165) is 17.1 Å². The van der Waals surface area contributed by atoms with Gasteiger partial charge in [0.25, 0.3) is 0 Å². The van der Waals surface area contributed by atoms with Crippen LogP contribution in [0.15, 0.2) is 249 Å². The average molecular weight is 820 g/mol. The predicted octanol–water partition coefficient (Wildman–Crippen LogP) is 16.9. The van der Waals surface area contributed by atoms with Crippen molar-refractivity contribution in [1.82, 2.24) is 0 Å². The van der Waals surface area contributed by atoms with Gasteiger partial charge < -0.3 is 4.90 Å². The van der Waals surface area contributed by atoms with Crippen molar-refractivity contribution in [3.05, 3.63) is 271 Å². The van der Waals surface area contributed by atoms with Gasteiger partial charge in [-0.1, -0.05) is 200 Å². The van der Waals surface area contributed by atoms with Gasteiger partial charge in [-0.15, -0.1) is 11.3 Å². The lowest BCUT2D eigenvalue weighted by molar-refractivity contribution is 0.769. The quantitative estimate of drug-likeness (QED) is 0.148. The van der Waals surface area contributed by atoms with Crippen LogP contribution in [0.25, 0.3) is 64.7 Å². The molecule has 0 N–H and O–H groups in total. The molecule has 0 amide bonds. The molecule has 0 aliphatic heterocycles. The van der Waals surface area contributed by atoms with Crippen LogP contribution < -0.4 is 4.90 Å². The van der Waals surface area contributed by atoms with Crippen LogP contribution >= 0.6 is 11.3 Å². The maximum atomic E-state index is 2.49. The Morgan fingerprint density at radius 3 is 1.56 bits per heavy atom. The standard InChI is InChI=1S/C61H41NS/c1-5-17-42(18-6-1)45-31-34-50(35-32-45)62(51-36-38-53-52-27-13-14-30-58(52)63-59(53)41-51)57-29-16-28-55-60(57)54-37-33-47(44-21-9-3-10-22-44)40-56(54)61(55,48-24-11-4-12-25-48)49-26-15-23-46(39-49)43-19-7-2-8-20-43/h1-41H. The lowest BCUT2D eigenvalue weighted by Crippen LogP contribution is -2.28. The second-order valence-corrected chi connectivity index (χ2v) is 17.5. The molecule has 0 saturated heterocycles. The molecule has 12 rings (SSSR count). The molecule has 11 aromatic rings. The molecule has 0 bridgehead atoms. The van der Waals surface area contributed by atoms with Gasteiger partial charge in [-0.25, -0.2) is 0 Å². The Kier molecular flexibility index (Phi) is 8.98. The van der Waals surface area contributed by atoms with Gasteiger partial charge in [0, 0.05) is 37.1 Å². The fraction of sp³-hybridized carbons (Fsp3) is 0.0164. The number of nitrogens with zero attached hydrogens (tertiary/aromatic N) is 1. The number of hydrogen-bond acceptors (Lipinski definition) is 2. The van der Waals surface area contributed by atoms with Crippen molar-refractivity contribution in [2.75, 3.05) is 4.90 Å². The summed E-state index contributed by atoms with van der Waals surface area (Å²) in [5.41, 5.74) is 17.5. The Hall–Kier alpha value is -7.78. The van der Waals surface area contributed by atoms with Crippen LogP contribution in [-0.4, -0.2) is 0 Å². The van der Waals surface area contributed by atoms with E-state index in [2.05, 4.69) is 254 Å². The van der Waals surface area contributed by atoms with E-state index in [1.807, 2.05) is 11.3 Å². The van der Waals surface area contributed by atoms with Gasteiger partial charge >= 0.3 is 0 Å². The summed E-state index contributed by atoms with van der Waals surface area (Å²) < 4.78 is 2.58. The molecule has 0 fully saturated rings. The van der Waals surface area contributed by atoms with E-state index in [9.17, 15) is 0 Å². The van der Waals surface area contributed by atoms with Gasteiger partial charge in [0.2, 0.25) is 0 Å². The molecule has 1 aromatic heterocycles. The highest BCUT2D eigenvalue weighted by Gasteiger charge is 2.48. The van der Waals surface area contributed by atoms with E-state index in [1.54, 1.807) is 0 Å². The molecule has 1 heterocycles. The van der Waals surface area contributed by atoms with Gasteiger partial charge in [-0.05, 0) is 110 Å². The van der Waals surface area contributed by atoms with Crippen LogP contribution in [-0.2, 0) is 5.41 Å². The summed E-state index contributed by atoms with van der Waals surface area (Å²) in [5, 5.41) is 2.59. The fourth-order valence-electron chi connectivity index (χ4n) is 10.1. The van der Waals surface area contributed by atoms with Crippen molar-refractivity contribution in [3.63, 3.8) is 0 Å². The second-order valence-electron chi connectivity index (χ2n) is 16.4. The summed E-state index contributed by atoms with van der Waals surface area (Å²) in [6, 6.07) is 91.8. The first kappa shape index (κ1) is 37.0. The summed E-state index contributed by atoms with van der Waals surface area (Å²) in [7, 11) is 0. The number of thiophene rings is 1. The Balaban J connectivity index is 1.15. The third-order valence-corrected chi connectivity index (χ3v) is 14.1. The minimum absolute atomic E-state index is 0.629. The van der Waals surface area contributed by atoms with Crippen molar-refractivity contribution >= 4 is 48.6 Å². The van der Waals surface area contributed by atoms with E-state index in [0.29, 0.717) is 0 Å². The maximum absolute atomic E-state index is 2.49. The molecule has 1 atom stereocenters. The van der Waals surface area contributed by atoms with Crippen LogP contribution in [0.5, 0.6) is 0 Å². The van der Waals surface area contributed by atoms with Crippen molar-refractivity contribution in [2.24, 2.45) is 0 Å². The van der Waals surface area contributed by atoms with Crippen molar-refractivity contribution < 1.29 is 0 Å². The molecule has 63 heavy (non-hydrogen) atoms. The van der Waals surface area contributed by atoms with Gasteiger partial charge in [-0.2, -0.15) is 0 Å². The molecule has 0 radical (unpaired) electrons. The van der Waals surface area contributed by atoms with Crippen LogP contribution in [0.3, 0.4) is 0 Å². The molecule has 0 spiro atoms. The smallest absolute Gasteiger partial charge is 0.0714 e. The molecule has 10 aromatic carbocycles. The van der Waals surface area contributed by atoms with Crippen molar-refractivity contribution in [1.29, 1.82) is 0 Å². The van der Waals surface area contributed by atoms with Crippen LogP contribution in [0.1, 0.15) is 22.3 Å². The van der Waals surface area contributed by atoms with Crippen LogP contribution in [0.2, 0.25) is 0 Å². The summed E-state index contributed by atoms with van der Waals surface area (Å²) in [6.45, 7) is 0.